The zero-order valence-electron chi connectivity index (χ0n) is 11.2. The zero-order chi connectivity index (χ0) is 13.0. The highest BCUT2D eigenvalue weighted by atomic mass is 16.7. The number of fused-ring (bicyclic) bond motifs is 1. The third kappa shape index (κ3) is 2.51. The molecule has 0 amide bonds. The van der Waals surface area contributed by atoms with E-state index in [0.717, 1.165) is 30.8 Å². The molecule has 0 fully saturated rings. The summed E-state index contributed by atoms with van der Waals surface area (Å²) in [6, 6.07) is 6.22. The van der Waals surface area contributed by atoms with Crippen molar-refractivity contribution in [3.8, 4) is 5.75 Å². The van der Waals surface area contributed by atoms with Crippen LogP contribution in [0.25, 0.3) is 0 Å². The molecule has 1 aromatic carbocycles. The molecular weight excluding hydrogens is 230 g/mol. The maximum atomic E-state index is 5.83. The second kappa shape index (κ2) is 6.18. The molecule has 1 aliphatic heterocycles. The minimum atomic E-state index is -0.327. The second-order valence-electron chi connectivity index (χ2n) is 4.39. The maximum Gasteiger partial charge on any atom is 0.176 e. The number of nitrogens with one attached hydrogen (secondary N) is 1. The fraction of sp³-hybridized carbons (Fsp3) is 0.571. The molecule has 1 heterocycles. The Morgan fingerprint density at radius 2 is 2.06 bits per heavy atom. The van der Waals surface area contributed by atoms with Crippen molar-refractivity contribution in [2.75, 3.05) is 27.9 Å². The molecule has 0 aliphatic carbocycles. The number of methoxy groups -OCH3 is 2. The number of ether oxygens (including phenoxy) is 3. The average molecular weight is 251 g/mol. The van der Waals surface area contributed by atoms with Crippen molar-refractivity contribution in [3.63, 3.8) is 0 Å². The number of likely N-dealkylation sites (N-methyl/N-ethyl adjacent to an activating group) is 1. The Hall–Kier alpha value is -1.10. The fourth-order valence-electron chi connectivity index (χ4n) is 2.47. The van der Waals surface area contributed by atoms with Crippen LogP contribution in [0.5, 0.6) is 5.75 Å². The van der Waals surface area contributed by atoms with Gasteiger partial charge in [-0.25, -0.2) is 0 Å². The third-order valence-corrected chi connectivity index (χ3v) is 3.35. The van der Waals surface area contributed by atoms with Crippen LogP contribution in [0.1, 0.15) is 23.6 Å². The highest BCUT2D eigenvalue weighted by molar-refractivity contribution is 5.44. The highest BCUT2D eigenvalue weighted by Crippen LogP contribution is 2.34. The van der Waals surface area contributed by atoms with Gasteiger partial charge < -0.3 is 19.5 Å². The highest BCUT2D eigenvalue weighted by Gasteiger charge is 2.26. The van der Waals surface area contributed by atoms with Crippen LogP contribution < -0.4 is 10.1 Å². The van der Waals surface area contributed by atoms with Gasteiger partial charge in [0.15, 0.2) is 6.29 Å². The Balaban J connectivity index is 2.36. The number of benzene rings is 1. The van der Waals surface area contributed by atoms with E-state index >= 15 is 0 Å². The van der Waals surface area contributed by atoms with Gasteiger partial charge in [0.25, 0.3) is 0 Å². The van der Waals surface area contributed by atoms with Crippen LogP contribution >= 0.6 is 0 Å². The van der Waals surface area contributed by atoms with E-state index in [1.165, 1.54) is 5.56 Å². The van der Waals surface area contributed by atoms with Gasteiger partial charge in [-0.3, -0.25) is 0 Å². The summed E-state index contributed by atoms with van der Waals surface area (Å²) in [6.07, 6.45) is 1.83. The van der Waals surface area contributed by atoms with Gasteiger partial charge in [-0.05, 0) is 25.5 Å². The molecule has 1 atom stereocenters. The largest absolute Gasteiger partial charge is 0.493 e. The molecule has 1 aromatic rings. The Labute approximate surface area is 108 Å². The Morgan fingerprint density at radius 1 is 1.28 bits per heavy atom. The van der Waals surface area contributed by atoms with Crippen molar-refractivity contribution in [1.29, 1.82) is 0 Å². The lowest BCUT2D eigenvalue weighted by atomic mass is 9.97. The van der Waals surface area contributed by atoms with E-state index in [2.05, 4.69) is 23.5 Å². The molecule has 0 spiro atoms. The molecular formula is C14H21NO3. The summed E-state index contributed by atoms with van der Waals surface area (Å²) < 4.78 is 16.5. The fourth-order valence-corrected chi connectivity index (χ4v) is 2.47. The molecule has 0 radical (unpaired) electrons. The number of hydrogen-bond acceptors (Lipinski definition) is 4. The first-order valence-corrected chi connectivity index (χ1v) is 6.29. The van der Waals surface area contributed by atoms with Crippen molar-refractivity contribution in [1.82, 2.24) is 5.32 Å². The maximum absolute atomic E-state index is 5.83. The molecule has 0 saturated carbocycles. The summed E-state index contributed by atoms with van der Waals surface area (Å²) in [5.74, 6) is 0.988. The molecule has 1 unspecified atom stereocenters. The zero-order valence-corrected chi connectivity index (χ0v) is 11.2. The molecule has 18 heavy (non-hydrogen) atoms. The Morgan fingerprint density at radius 3 is 2.72 bits per heavy atom. The van der Waals surface area contributed by atoms with E-state index in [-0.39, 0.29) is 12.3 Å². The van der Waals surface area contributed by atoms with Crippen molar-refractivity contribution < 1.29 is 14.2 Å². The van der Waals surface area contributed by atoms with Gasteiger partial charge >= 0.3 is 0 Å². The van der Waals surface area contributed by atoms with E-state index in [4.69, 9.17) is 14.2 Å². The molecule has 4 nitrogen and oxygen atoms in total. The van der Waals surface area contributed by atoms with Crippen LogP contribution in [-0.2, 0) is 15.9 Å². The Kier molecular flexibility index (Phi) is 4.58. The van der Waals surface area contributed by atoms with Gasteiger partial charge in [0.05, 0.1) is 12.6 Å². The topological polar surface area (TPSA) is 39.7 Å². The lowest BCUT2D eigenvalue weighted by molar-refractivity contribution is -0.123. The molecule has 0 aromatic heterocycles. The predicted molar refractivity (Wildman–Crippen MR) is 69.9 cm³/mol. The monoisotopic (exact) mass is 251 g/mol. The first kappa shape index (κ1) is 13.3. The third-order valence-electron chi connectivity index (χ3n) is 3.35. The summed E-state index contributed by atoms with van der Waals surface area (Å²) in [4.78, 5) is 0. The first-order chi connectivity index (χ1) is 8.81. The molecule has 1 N–H and O–H groups in total. The van der Waals surface area contributed by atoms with Crippen molar-refractivity contribution in [2.24, 2.45) is 0 Å². The van der Waals surface area contributed by atoms with Gasteiger partial charge in [0, 0.05) is 19.8 Å². The van der Waals surface area contributed by atoms with Crippen LogP contribution in [0, 0.1) is 0 Å². The predicted octanol–water partition coefficient (Wildman–Crippen LogP) is 1.89. The summed E-state index contributed by atoms with van der Waals surface area (Å²) in [6.45, 7) is 0.783. The van der Waals surface area contributed by atoms with E-state index < -0.39 is 0 Å². The van der Waals surface area contributed by atoms with Crippen LogP contribution in [-0.4, -0.2) is 34.2 Å². The molecule has 0 saturated heterocycles. The standard InChI is InChI=1S/C14H21NO3/c1-15-12(14(16-2)17-3)11-8-4-6-10-7-5-9-18-13(10)11/h4,6,8,12,14-15H,5,7,9H2,1-3H3. The summed E-state index contributed by atoms with van der Waals surface area (Å²) in [5.41, 5.74) is 2.37. The Bertz CT molecular complexity index is 391. The second-order valence-corrected chi connectivity index (χ2v) is 4.39. The molecule has 2 rings (SSSR count). The van der Waals surface area contributed by atoms with Crippen molar-refractivity contribution in [2.45, 2.75) is 25.2 Å². The van der Waals surface area contributed by atoms with Crippen molar-refractivity contribution >= 4 is 0 Å². The molecule has 1 aliphatic rings. The van der Waals surface area contributed by atoms with Crippen LogP contribution in [0.3, 0.4) is 0 Å². The SMILES string of the molecule is CNC(c1cccc2c1OCCC2)C(OC)OC. The smallest absolute Gasteiger partial charge is 0.176 e. The van der Waals surface area contributed by atoms with Gasteiger partial charge in [-0.1, -0.05) is 18.2 Å². The molecule has 4 heteroatoms. The van der Waals surface area contributed by atoms with Gasteiger partial charge in [0.1, 0.15) is 5.75 Å². The molecule has 100 valence electrons. The molecule has 0 bridgehead atoms. The minimum Gasteiger partial charge on any atom is -0.493 e. The summed E-state index contributed by atoms with van der Waals surface area (Å²) in [7, 11) is 5.20. The van der Waals surface area contributed by atoms with Crippen molar-refractivity contribution in [3.05, 3.63) is 29.3 Å². The normalized spacial score (nSPS) is 16.2. The number of rotatable bonds is 5. The van der Waals surface area contributed by atoms with Crippen LogP contribution in [0.4, 0.5) is 0 Å². The van der Waals surface area contributed by atoms with Crippen LogP contribution in [0.2, 0.25) is 0 Å². The summed E-state index contributed by atoms with van der Waals surface area (Å²) in [5, 5.41) is 3.24. The average Bonchev–Trinajstić information content (AvgIpc) is 2.44. The number of hydrogen-bond donors (Lipinski definition) is 1. The lowest BCUT2D eigenvalue weighted by Gasteiger charge is -2.28. The summed E-state index contributed by atoms with van der Waals surface area (Å²) >= 11 is 0. The minimum absolute atomic E-state index is 0.0342. The van der Waals surface area contributed by atoms with E-state index in [0.29, 0.717) is 0 Å². The van der Waals surface area contributed by atoms with E-state index in [9.17, 15) is 0 Å². The number of aryl methyl sites for hydroxylation is 1. The van der Waals surface area contributed by atoms with Crippen LogP contribution in [0.15, 0.2) is 18.2 Å². The number of para-hydroxylation sites is 1. The van der Waals surface area contributed by atoms with Gasteiger partial charge in [-0.2, -0.15) is 0 Å². The van der Waals surface area contributed by atoms with E-state index in [1.807, 2.05) is 7.05 Å². The lowest BCUT2D eigenvalue weighted by Crippen LogP contribution is -2.33. The first-order valence-electron chi connectivity index (χ1n) is 6.29. The van der Waals surface area contributed by atoms with Gasteiger partial charge in [-0.15, -0.1) is 0 Å². The van der Waals surface area contributed by atoms with E-state index in [1.54, 1.807) is 14.2 Å². The van der Waals surface area contributed by atoms with Gasteiger partial charge in [0.2, 0.25) is 0 Å². The quantitative estimate of drug-likeness (QED) is 0.811.